The Kier molecular flexibility index (Phi) is 3.80. The van der Waals surface area contributed by atoms with Crippen molar-refractivity contribution in [2.45, 2.75) is 0 Å². The number of nitrogens with two attached hydrogens (primary N) is 1. The van der Waals surface area contributed by atoms with Crippen molar-refractivity contribution in [1.82, 2.24) is 0 Å². The average molecular weight is 327 g/mol. The lowest BCUT2D eigenvalue weighted by atomic mass is 10.2. The van der Waals surface area contributed by atoms with Gasteiger partial charge in [0.25, 0.3) is 5.91 Å². The highest BCUT2D eigenvalue weighted by Crippen LogP contribution is 2.25. The third-order valence-corrected chi connectivity index (χ3v) is 3.07. The van der Waals surface area contributed by atoms with Crippen LogP contribution in [-0.2, 0) is 0 Å². The Labute approximate surface area is 116 Å². The number of hydrogen-bond donors (Lipinski definition) is 2. The van der Waals surface area contributed by atoms with Crippen LogP contribution in [0.5, 0.6) is 0 Å². The Morgan fingerprint density at radius 3 is 2.58 bits per heavy atom. The number of nitrogens with one attached hydrogen (secondary N) is 1. The van der Waals surface area contributed by atoms with E-state index >= 15 is 0 Å². The highest BCUT2D eigenvalue weighted by Gasteiger charge is 2.14. The van der Waals surface area contributed by atoms with Crippen molar-refractivity contribution < 1.29 is 13.6 Å². The molecule has 2 aromatic rings. The van der Waals surface area contributed by atoms with Crippen LogP contribution in [0.4, 0.5) is 20.2 Å². The molecule has 2 aromatic carbocycles. The molecule has 0 fully saturated rings. The lowest BCUT2D eigenvalue weighted by Gasteiger charge is -2.08. The van der Waals surface area contributed by atoms with Gasteiger partial charge in [0.1, 0.15) is 11.6 Å². The first-order chi connectivity index (χ1) is 8.97. The SMILES string of the molecule is Nc1ccc(NC(=O)c2cc(F)ccc2F)c(Br)c1. The highest BCUT2D eigenvalue weighted by molar-refractivity contribution is 9.10. The molecule has 0 unspecified atom stereocenters. The minimum atomic E-state index is -0.787. The maximum atomic E-state index is 13.4. The number of carbonyl (C=O) groups is 1. The molecule has 19 heavy (non-hydrogen) atoms. The first-order valence-electron chi connectivity index (χ1n) is 5.29. The maximum Gasteiger partial charge on any atom is 0.258 e. The minimum absolute atomic E-state index is 0.358. The summed E-state index contributed by atoms with van der Waals surface area (Å²) in [6.45, 7) is 0. The summed E-state index contributed by atoms with van der Waals surface area (Å²) < 4.78 is 27.0. The van der Waals surface area contributed by atoms with E-state index in [4.69, 9.17) is 5.73 Å². The van der Waals surface area contributed by atoms with Crippen molar-refractivity contribution in [1.29, 1.82) is 0 Å². The average Bonchev–Trinajstić information content (AvgIpc) is 2.35. The number of halogens is 3. The lowest BCUT2D eigenvalue weighted by Crippen LogP contribution is -2.14. The van der Waals surface area contributed by atoms with Gasteiger partial charge in [-0.05, 0) is 52.3 Å². The van der Waals surface area contributed by atoms with Crippen LogP contribution in [0, 0.1) is 11.6 Å². The molecule has 2 rings (SSSR count). The molecule has 0 aliphatic heterocycles. The molecule has 6 heteroatoms. The third kappa shape index (κ3) is 3.08. The van der Waals surface area contributed by atoms with E-state index in [-0.39, 0.29) is 5.56 Å². The Morgan fingerprint density at radius 2 is 1.89 bits per heavy atom. The Bertz CT molecular complexity index is 647. The van der Waals surface area contributed by atoms with Gasteiger partial charge in [0, 0.05) is 10.2 Å². The fourth-order valence-electron chi connectivity index (χ4n) is 1.49. The minimum Gasteiger partial charge on any atom is -0.399 e. The fraction of sp³-hybridized carbons (Fsp3) is 0. The van der Waals surface area contributed by atoms with E-state index < -0.39 is 17.5 Å². The molecule has 0 aliphatic carbocycles. The fourth-order valence-corrected chi connectivity index (χ4v) is 1.99. The molecule has 98 valence electrons. The zero-order valence-corrected chi connectivity index (χ0v) is 11.2. The summed E-state index contributed by atoms with van der Waals surface area (Å²) in [6, 6.07) is 7.44. The van der Waals surface area contributed by atoms with Crippen LogP contribution in [0.25, 0.3) is 0 Å². The zero-order valence-electron chi connectivity index (χ0n) is 9.58. The van der Waals surface area contributed by atoms with Crippen LogP contribution in [-0.4, -0.2) is 5.91 Å². The monoisotopic (exact) mass is 326 g/mol. The van der Waals surface area contributed by atoms with E-state index in [9.17, 15) is 13.6 Å². The molecule has 0 bridgehead atoms. The molecule has 0 spiro atoms. The van der Waals surface area contributed by atoms with Gasteiger partial charge in [0.15, 0.2) is 0 Å². The van der Waals surface area contributed by atoms with E-state index in [0.29, 0.717) is 15.8 Å². The van der Waals surface area contributed by atoms with Crippen LogP contribution >= 0.6 is 15.9 Å². The molecule has 0 atom stereocenters. The first kappa shape index (κ1) is 13.5. The highest BCUT2D eigenvalue weighted by atomic mass is 79.9. The van der Waals surface area contributed by atoms with Crippen molar-refractivity contribution in [3.8, 4) is 0 Å². The second-order valence-corrected chi connectivity index (χ2v) is 4.67. The maximum absolute atomic E-state index is 13.4. The molecule has 1 amide bonds. The molecular formula is C13H9BrF2N2O. The van der Waals surface area contributed by atoms with Crippen LogP contribution in [0.1, 0.15) is 10.4 Å². The molecule has 0 saturated heterocycles. The van der Waals surface area contributed by atoms with Crippen molar-refractivity contribution in [3.05, 3.63) is 58.1 Å². The van der Waals surface area contributed by atoms with Gasteiger partial charge in [-0.25, -0.2) is 8.78 Å². The van der Waals surface area contributed by atoms with Crippen molar-refractivity contribution in [2.24, 2.45) is 0 Å². The normalized spacial score (nSPS) is 10.3. The summed E-state index contributed by atoms with van der Waals surface area (Å²) in [5.41, 5.74) is 6.14. The second kappa shape index (κ2) is 5.36. The summed E-state index contributed by atoms with van der Waals surface area (Å²) in [6.07, 6.45) is 0. The summed E-state index contributed by atoms with van der Waals surface area (Å²) in [7, 11) is 0. The second-order valence-electron chi connectivity index (χ2n) is 3.82. The van der Waals surface area contributed by atoms with Gasteiger partial charge in [-0.2, -0.15) is 0 Å². The molecule has 0 aliphatic rings. The number of hydrogen-bond acceptors (Lipinski definition) is 2. The summed E-state index contributed by atoms with van der Waals surface area (Å²) in [4.78, 5) is 11.9. The van der Waals surface area contributed by atoms with E-state index in [0.717, 1.165) is 18.2 Å². The van der Waals surface area contributed by atoms with Gasteiger partial charge >= 0.3 is 0 Å². The number of anilines is 2. The van der Waals surface area contributed by atoms with Crippen molar-refractivity contribution >= 4 is 33.2 Å². The predicted molar refractivity (Wildman–Crippen MR) is 72.9 cm³/mol. The zero-order chi connectivity index (χ0) is 14.0. The third-order valence-electron chi connectivity index (χ3n) is 2.41. The molecule has 0 radical (unpaired) electrons. The number of carbonyl (C=O) groups excluding carboxylic acids is 1. The van der Waals surface area contributed by atoms with E-state index in [1.807, 2.05) is 0 Å². The summed E-state index contributed by atoms with van der Waals surface area (Å²) in [5, 5.41) is 2.47. The molecule has 0 aromatic heterocycles. The summed E-state index contributed by atoms with van der Waals surface area (Å²) >= 11 is 3.22. The number of amides is 1. The molecule has 3 N–H and O–H groups in total. The molecule has 0 heterocycles. The smallest absolute Gasteiger partial charge is 0.258 e. The van der Waals surface area contributed by atoms with E-state index in [1.165, 1.54) is 0 Å². The molecule has 0 saturated carbocycles. The number of rotatable bonds is 2. The molecular weight excluding hydrogens is 318 g/mol. The van der Waals surface area contributed by atoms with Crippen LogP contribution in [0.2, 0.25) is 0 Å². The Morgan fingerprint density at radius 1 is 1.16 bits per heavy atom. The van der Waals surface area contributed by atoms with Gasteiger partial charge in [0.2, 0.25) is 0 Å². The Hall–Kier alpha value is -1.95. The van der Waals surface area contributed by atoms with Gasteiger partial charge in [-0.1, -0.05) is 0 Å². The number of benzene rings is 2. The first-order valence-corrected chi connectivity index (χ1v) is 6.08. The van der Waals surface area contributed by atoms with Crippen LogP contribution in [0.15, 0.2) is 40.9 Å². The van der Waals surface area contributed by atoms with Crippen molar-refractivity contribution in [2.75, 3.05) is 11.1 Å². The predicted octanol–water partition coefficient (Wildman–Crippen LogP) is 3.56. The standard InChI is InChI=1S/C13H9BrF2N2O/c14-10-6-8(17)2-4-12(10)18-13(19)9-5-7(15)1-3-11(9)16/h1-6H,17H2,(H,18,19). The topological polar surface area (TPSA) is 55.1 Å². The number of nitrogen functional groups attached to an aromatic ring is 1. The van der Waals surface area contributed by atoms with Gasteiger partial charge in [-0.3, -0.25) is 4.79 Å². The largest absolute Gasteiger partial charge is 0.399 e. The van der Waals surface area contributed by atoms with Crippen LogP contribution in [0.3, 0.4) is 0 Å². The van der Waals surface area contributed by atoms with Gasteiger partial charge in [-0.15, -0.1) is 0 Å². The summed E-state index contributed by atoms with van der Waals surface area (Å²) in [5.74, 6) is -2.20. The lowest BCUT2D eigenvalue weighted by molar-refractivity contribution is 0.102. The molecule has 3 nitrogen and oxygen atoms in total. The van der Waals surface area contributed by atoms with Crippen LogP contribution < -0.4 is 11.1 Å². The van der Waals surface area contributed by atoms with E-state index in [1.54, 1.807) is 18.2 Å². The van der Waals surface area contributed by atoms with Gasteiger partial charge < -0.3 is 11.1 Å². The quantitative estimate of drug-likeness (QED) is 0.829. The van der Waals surface area contributed by atoms with E-state index in [2.05, 4.69) is 21.2 Å². The van der Waals surface area contributed by atoms with Crippen molar-refractivity contribution in [3.63, 3.8) is 0 Å². The van der Waals surface area contributed by atoms with Gasteiger partial charge in [0.05, 0.1) is 11.3 Å². The Balaban J connectivity index is 2.28.